The van der Waals surface area contributed by atoms with Crippen LogP contribution in [0, 0.1) is 5.92 Å². The van der Waals surface area contributed by atoms with E-state index in [9.17, 15) is 0 Å². The molecule has 106 valence electrons. The molecular weight excluding hydrogens is 234 g/mol. The van der Waals surface area contributed by atoms with E-state index in [0.29, 0.717) is 0 Å². The molecule has 1 aliphatic rings. The SMILES string of the molecule is CC(C)Oc1cccc(CNCCC2CCCC2)c1. The highest BCUT2D eigenvalue weighted by Gasteiger charge is 2.13. The minimum Gasteiger partial charge on any atom is -0.491 e. The normalized spacial score (nSPS) is 16.2. The Morgan fingerprint density at radius 1 is 1.26 bits per heavy atom. The van der Waals surface area contributed by atoms with Gasteiger partial charge in [-0.15, -0.1) is 0 Å². The van der Waals surface area contributed by atoms with Gasteiger partial charge in [0, 0.05) is 6.54 Å². The molecular formula is C17H27NO. The topological polar surface area (TPSA) is 21.3 Å². The number of hydrogen-bond donors (Lipinski definition) is 1. The van der Waals surface area contributed by atoms with Crippen LogP contribution in [0.15, 0.2) is 24.3 Å². The highest BCUT2D eigenvalue weighted by Crippen LogP contribution is 2.26. The van der Waals surface area contributed by atoms with Crippen molar-refractivity contribution in [3.8, 4) is 5.75 Å². The van der Waals surface area contributed by atoms with Crippen LogP contribution in [-0.2, 0) is 6.54 Å². The summed E-state index contributed by atoms with van der Waals surface area (Å²) in [6.07, 6.45) is 7.35. The van der Waals surface area contributed by atoms with Gasteiger partial charge in [0.2, 0.25) is 0 Å². The lowest BCUT2D eigenvalue weighted by atomic mass is 10.0. The van der Waals surface area contributed by atoms with Crippen molar-refractivity contribution in [2.45, 2.75) is 58.6 Å². The summed E-state index contributed by atoms with van der Waals surface area (Å²) in [5, 5.41) is 3.55. The molecule has 0 heterocycles. The summed E-state index contributed by atoms with van der Waals surface area (Å²) >= 11 is 0. The Labute approximate surface area is 117 Å². The van der Waals surface area contributed by atoms with Gasteiger partial charge in [-0.1, -0.05) is 37.8 Å². The Morgan fingerprint density at radius 2 is 2.05 bits per heavy atom. The largest absolute Gasteiger partial charge is 0.491 e. The molecule has 1 N–H and O–H groups in total. The van der Waals surface area contributed by atoms with Crippen molar-refractivity contribution in [2.24, 2.45) is 5.92 Å². The summed E-state index contributed by atoms with van der Waals surface area (Å²) in [4.78, 5) is 0. The summed E-state index contributed by atoms with van der Waals surface area (Å²) in [6, 6.07) is 8.41. The Hall–Kier alpha value is -1.02. The molecule has 0 aliphatic heterocycles. The summed E-state index contributed by atoms with van der Waals surface area (Å²) in [5.74, 6) is 1.95. The van der Waals surface area contributed by atoms with E-state index >= 15 is 0 Å². The lowest BCUT2D eigenvalue weighted by Gasteiger charge is -2.12. The molecule has 1 aromatic rings. The van der Waals surface area contributed by atoms with Gasteiger partial charge in [0.05, 0.1) is 6.10 Å². The van der Waals surface area contributed by atoms with Gasteiger partial charge >= 0.3 is 0 Å². The second-order valence-corrected chi connectivity index (χ2v) is 5.93. The summed E-state index contributed by atoms with van der Waals surface area (Å²) in [5.41, 5.74) is 1.31. The third kappa shape index (κ3) is 5.23. The second-order valence-electron chi connectivity index (χ2n) is 5.93. The van der Waals surface area contributed by atoms with E-state index in [2.05, 4.69) is 37.4 Å². The van der Waals surface area contributed by atoms with Crippen LogP contribution in [0.4, 0.5) is 0 Å². The molecule has 2 nitrogen and oxygen atoms in total. The summed E-state index contributed by atoms with van der Waals surface area (Å²) < 4.78 is 5.71. The fraction of sp³-hybridized carbons (Fsp3) is 0.647. The standard InChI is InChI=1S/C17H27NO/c1-14(2)19-17-9-5-8-16(12-17)13-18-11-10-15-6-3-4-7-15/h5,8-9,12,14-15,18H,3-4,6-7,10-11,13H2,1-2H3. The van der Waals surface area contributed by atoms with Gasteiger partial charge in [-0.05, 0) is 50.4 Å². The first kappa shape index (κ1) is 14.4. The molecule has 0 saturated heterocycles. The fourth-order valence-corrected chi connectivity index (χ4v) is 2.84. The first-order valence-electron chi connectivity index (χ1n) is 7.70. The summed E-state index contributed by atoms with van der Waals surface area (Å²) in [7, 11) is 0. The lowest BCUT2D eigenvalue weighted by Crippen LogP contribution is -2.17. The first-order chi connectivity index (χ1) is 9.24. The lowest BCUT2D eigenvalue weighted by molar-refractivity contribution is 0.242. The molecule has 1 aromatic carbocycles. The van der Waals surface area contributed by atoms with Gasteiger partial charge in [-0.2, -0.15) is 0 Å². The predicted molar refractivity (Wildman–Crippen MR) is 80.5 cm³/mol. The zero-order valence-electron chi connectivity index (χ0n) is 12.3. The summed E-state index contributed by atoms with van der Waals surface area (Å²) in [6.45, 7) is 6.21. The highest BCUT2D eigenvalue weighted by atomic mass is 16.5. The van der Waals surface area contributed by atoms with E-state index in [4.69, 9.17) is 4.74 Å². The van der Waals surface area contributed by atoms with E-state index in [0.717, 1.165) is 24.8 Å². The smallest absolute Gasteiger partial charge is 0.120 e. The second kappa shape index (κ2) is 7.54. The molecule has 1 saturated carbocycles. The molecule has 1 aliphatic carbocycles. The van der Waals surface area contributed by atoms with E-state index in [-0.39, 0.29) is 6.10 Å². The third-order valence-corrected chi connectivity index (χ3v) is 3.80. The molecule has 1 fully saturated rings. The van der Waals surface area contributed by atoms with E-state index in [1.807, 2.05) is 6.07 Å². The Kier molecular flexibility index (Phi) is 5.71. The quantitative estimate of drug-likeness (QED) is 0.745. The molecule has 0 spiro atoms. The zero-order chi connectivity index (χ0) is 13.5. The van der Waals surface area contributed by atoms with Crippen LogP contribution in [0.25, 0.3) is 0 Å². The van der Waals surface area contributed by atoms with E-state index in [1.165, 1.54) is 37.7 Å². The first-order valence-corrected chi connectivity index (χ1v) is 7.70. The predicted octanol–water partition coefficient (Wildman–Crippen LogP) is 4.14. The zero-order valence-corrected chi connectivity index (χ0v) is 12.3. The van der Waals surface area contributed by atoms with Crippen LogP contribution in [0.5, 0.6) is 5.75 Å². The Bertz CT molecular complexity index is 369. The van der Waals surface area contributed by atoms with Gasteiger partial charge < -0.3 is 10.1 Å². The number of ether oxygens (including phenoxy) is 1. The van der Waals surface area contributed by atoms with Crippen LogP contribution in [0.2, 0.25) is 0 Å². The van der Waals surface area contributed by atoms with Gasteiger partial charge in [0.25, 0.3) is 0 Å². The Morgan fingerprint density at radius 3 is 2.79 bits per heavy atom. The maximum atomic E-state index is 5.71. The minimum absolute atomic E-state index is 0.241. The number of hydrogen-bond acceptors (Lipinski definition) is 2. The molecule has 19 heavy (non-hydrogen) atoms. The van der Waals surface area contributed by atoms with Crippen molar-refractivity contribution in [1.82, 2.24) is 5.32 Å². The molecule has 0 bridgehead atoms. The molecule has 0 amide bonds. The maximum absolute atomic E-state index is 5.71. The molecule has 0 unspecified atom stereocenters. The van der Waals surface area contributed by atoms with Crippen molar-refractivity contribution in [3.05, 3.63) is 29.8 Å². The van der Waals surface area contributed by atoms with Crippen molar-refractivity contribution in [3.63, 3.8) is 0 Å². The Balaban J connectivity index is 1.69. The fourth-order valence-electron chi connectivity index (χ4n) is 2.84. The van der Waals surface area contributed by atoms with E-state index in [1.54, 1.807) is 0 Å². The molecule has 0 aromatic heterocycles. The van der Waals surface area contributed by atoms with Crippen molar-refractivity contribution >= 4 is 0 Å². The molecule has 0 radical (unpaired) electrons. The number of benzene rings is 1. The highest BCUT2D eigenvalue weighted by molar-refractivity contribution is 5.28. The molecule has 2 heteroatoms. The monoisotopic (exact) mass is 261 g/mol. The van der Waals surface area contributed by atoms with Crippen molar-refractivity contribution < 1.29 is 4.74 Å². The maximum Gasteiger partial charge on any atom is 0.120 e. The van der Waals surface area contributed by atoms with Crippen LogP contribution in [0.1, 0.15) is 51.5 Å². The van der Waals surface area contributed by atoms with Gasteiger partial charge in [0.1, 0.15) is 5.75 Å². The molecule has 0 atom stereocenters. The third-order valence-electron chi connectivity index (χ3n) is 3.80. The van der Waals surface area contributed by atoms with Gasteiger partial charge in [-0.3, -0.25) is 0 Å². The van der Waals surface area contributed by atoms with Gasteiger partial charge in [-0.25, -0.2) is 0 Å². The van der Waals surface area contributed by atoms with Crippen molar-refractivity contribution in [1.29, 1.82) is 0 Å². The van der Waals surface area contributed by atoms with Crippen LogP contribution in [0.3, 0.4) is 0 Å². The van der Waals surface area contributed by atoms with Crippen molar-refractivity contribution in [2.75, 3.05) is 6.54 Å². The van der Waals surface area contributed by atoms with Crippen LogP contribution >= 0.6 is 0 Å². The average Bonchev–Trinajstić information content (AvgIpc) is 2.87. The average molecular weight is 261 g/mol. The number of nitrogens with one attached hydrogen (secondary N) is 1. The minimum atomic E-state index is 0.241. The number of rotatable bonds is 7. The van der Waals surface area contributed by atoms with Crippen LogP contribution in [-0.4, -0.2) is 12.6 Å². The van der Waals surface area contributed by atoms with E-state index < -0.39 is 0 Å². The van der Waals surface area contributed by atoms with Gasteiger partial charge in [0.15, 0.2) is 0 Å². The molecule has 2 rings (SSSR count). The van der Waals surface area contributed by atoms with Crippen LogP contribution < -0.4 is 10.1 Å².